The van der Waals surface area contributed by atoms with Gasteiger partial charge in [0.1, 0.15) is 5.75 Å². The van der Waals surface area contributed by atoms with E-state index in [1.165, 1.54) is 0 Å². The molecule has 1 aromatic rings. The second-order valence-electron chi connectivity index (χ2n) is 5.34. The number of carbonyl (C=O) groups excluding carboxylic acids is 1. The van der Waals surface area contributed by atoms with Gasteiger partial charge in [-0.15, -0.1) is 11.8 Å². The summed E-state index contributed by atoms with van der Waals surface area (Å²) in [5, 5.41) is 3.11. The minimum atomic E-state index is -0.243. The number of nitrogens with one attached hydrogen (secondary N) is 1. The van der Waals surface area contributed by atoms with Gasteiger partial charge >= 0.3 is 0 Å². The van der Waals surface area contributed by atoms with Crippen molar-refractivity contribution in [1.29, 1.82) is 0 Å². The summed E-state index contributed by atoms with van der Waals surface area (Å²) in [6.45, 7) is 4.29. The van der Waals surface area contributed by atoms with E-state index >= 15 is 0 Å². The van der Waals surface area contributed by atoms with Gasteiger partial charge in [0.25, 0.3) is 0 Å². The molecule has 1 unspecified atom stereocenters. The second-order valence-corrected chi connectivity index (χ2v) is 6.36. The van der Waals surface area contributed by atoms with Crippen LogP contribution in [0.4, 0.5) is 5.69 Å². The summed E-state index contributed by atoms with van der Waals surface area (Å²) in [5.74, 6) is 1.85. The zero-order valence-corrected chi connectivity index (χ0v) is 13.3. The Kier molecular flexibility index (Phi) is 4.97. The third-order valence-electron chi connectivity index (χ3n) is 4.11. The van der Waals surface area contributed by atoms with E-state index in [2.05, 4.69) is 19.2 Å². The molecule has 1 aromatic carbocycles. The molecule has 20 heavy (non-hydrogen) atoms. The zero-order chi connectivity index (χ0) is 14.6. The van der Waals surface area contributed by atoms with Crippen LogP contribution >= 0.6 is 11.8 Å². The first-order valence-corrected chi connectivity index (χ1v) is 8.26. The molecule has 1 aliphatic rings. The number of unbranched alkanes of at least 4 members (excludes halogenated alkanes) is 1. The highest BCUT2D eigenvalue weighted by Gasteiger charge is 2.38. The number of hydrogen-bond acceptors (Lipinski definition) is 3. The Morgan fingerprint density at radius 2 is 2.20 bits per heavy atom. The lowest BCUT2D eigenvalue weighted by molar-refractivity contribution is -0.125. The van der Waals surface area contributed by atoms with Crippen molar-refractivity contribution < 1.29 is 9.53 Å². The van der Waals surface area contributed by atoms with Gasteiger partial charge in [-0.1, -0.05) is 26.7 Å². The van der Waals surface area contributed by atoms with Crippen LogP contribution in [0.1, 0.15) is 39.5 Å². The van der Waals surface area contributed by atoms with Gasteiger partial charge in [-0.25, -0.2) is 0 Å². The SMILES string of the molecule is CCCCC1(CC)CSc2cc(OC)ccc2NC1=O. The van der Waals surface area contributed by atoms with Crippen LogP contribution in [0.15, 0.2) is 23.1 Å². The molecule has 1 atom stereocenters. The standard InChI is InChI=1S/C16H23NO2S/c1-4-6-9-16(5-2)11-20-14-10-12(19-3)7-8-13(14)17-15(16)18/h7-8,10H,4-6,9,11H2,1-3H3,(H,17,18). The predicted octanol–water partition coefficient (Wildman–Crippen LogP) is 4.33. The Labute approximate surface area is 125 Å². The number of ether oxygens (including phenoxy) is 1. The number of fused-ring (bicyclic) bond motifs is 1. The maximum atomic E-state index is 12.6. The molecule has 0 spiro atoms. The van der Waals surface area contributed by atoms with E-state index in [1.807, 2.05) is 18.2 Å². The summed E-state index contributed by atoms with van der Waals surface area (Å²) in [6.07, 6.45) is 4.07. The van der Waals surface area contributed by atoms with Gasteiger partial charge in [-0.2, -0.15) is 0 Å². The van der Waals surface area contributed by atoms with Crippen LogP contribution in [0.5, 0.6) is 5.75 Å². The fourth-order valence-corrected chi connectivity index (χ4v) is 3.91. The van der Waals surface area contributed by atoms with Crippen LogP contribution in [0, 0.1) is 5.41 Å². The van der Waals surface area contributed by atoms with E-state index in [-0.39, 0.29) is 11.3 Å². The first-order chi connectivity index (χ1) is 9.65. The average molecular weight is 293 g/mol. The number of rotatable bonds is 5. The molecule has 0 radical (unpaired) electrons. The van der Waals surface area contributed by atoms with E-state index in [1.54, 1.807) is 18.9 Å². The fraction of sp³-hybridized carbons (Fsp3) is 0.562. The zero-order valence-electron chi connectivity index (χ0n) is 12.5. The van der Waals surface area contributed by atoms with E-state index in [0.717, 1.165) is 47.8 Å². The van der Waals surface area contributed by atoms with E-state index < -0.39 is 0 Å². The highest BCUT2D eigenvalue weighted by molar-refractivity contribution is 7.99. The molecule has 3 nitrogen and oxygen atoms in total. The lowest BCUT2D eigenvalue weighted by Gasteiger charge is -2.28. The van der Waals surface area contributed by atoms with Crippen molar-refractivity contribution in [3.63, 3.8) is 0 Å². The number of hydrogen-bond donors (Lipinski definition) is 1. The third-order valence-corrected chi connectivity index (χ3v) is 5.45. The van der Waals surface area contributed by atoms with Gasteiger partial charge < -0.3 is 10.1 Å². The first-order valence-electron chi connectivity index (χ1n) is 7.27. The van der Waals surface area contributed by atoms with E-state index in [0.29, 0.717) is 0 Å². The summed E-state index contributed by atoms with van der Waals surface area (Å²) in [7, 11) is 1.67. The molecule has 0 aliphatic carbocycles. The average Bonchev–Trinajstić information content (AvgIpc) is 2.61. The molecule has 0 saturated carbocycles. The third kappa shape index (κ3) is 2.95. The molecule has 4 heteroatoms. The number of amides is 1. The Hall–Kier alpha value is -1.16. The van der Waals surface area contributed by atoms with Crippen molar-refractivity contribution in [1.82, 2.24) is 0 Å². The Bertz CT molecular complexity index is 489. The summed E-state index contributed by atoms with van der Waals surface area (Å²) >= 11 is 1.76. The predicted molar refractivity (Wildman–Crippen MR) is 84.6 cm³/mol. The largest absolute Gasteiger partial charge is 0.497 e. The molecular formula is C16H23NO2S. The summed E-state index contributed by atoms with van der Waals surface area (Å²) in [5.41, 5.74) is 0.667. The molecule has 1 aliphatic heterocycles. The summed E-state index contributed by atoms with van der Waals surface area (Å²) in [6, 6.07) is 5.83. The molecule has 0 saturated heterocycles. The quantitative estimate of drug-likeness (QED) is 0.878. The Morgan fingerprint density at radius 1 is 1.40 bits per heavy atom. The molecule has 1 heterocycles. The summed E-state index contributed by atoms with van der Waals surface area (Å²) < 4.78 is 5.27. The Morgan fingerprint density at radius 3 is 2.85 bits per heavy atom. The normalized spacial score (nSPS) is 21.9. The van der Waals surface area contributed by atoms with Crippen LogP contribution < -0.4 is 10.1 Å². The van der Waals surface area contributed by atoms with Gasteiger partial charge in [-0.05, 0) is 31.0 Å². The van der Waals surface area contributed by atoms with Crippen molar-refractivity contribution in [2.24, 2.45) is 5.41 Å². The topological polar surface area (TPSA) is 38.3 Å². The highest BCUT2D eigenvalue weighted by atomic mass is 32.2. The highest BCUT2D eigenvalue weighted by Crippen LogP contribution is 2.43. The van der Waals surface area contributed by atoms with Crippen LogP contribution in [0.3, 0.4) is 0 Å². The van der Waals surface area contributed by atoms with Gasteiger partial charge in [0, 0.05) is 10.6 Å². The van der Waals surface area contributed by atoms with Gasteiger partial charge in [0.2, 0.25) is 5.91 Å². The fourth-order valence-electron chi connectivity index (χ4n) is 2.53. The number of carbonyl (C=O) groups is 1. The van der Waals surface area contributed by atoms with Crippen molar-refractivity contribution in [2.75, 3.05) is 18.2 Å². The van der Waals surface area contributed by atoms with Gasteiger partial charge in [0.05, 0.1) is 18.2 Å². The Balaban J connectivity index is 2.27. The van der Waals surface area contributed by atoms with Crippen LogP contribution in [0.25, 0.3) is 0 Å². The second kappa shape index (κ2) is 6.53. The molecule has 0 aromatic heterocycles. The first kappa shape index (κ1) is 15.2. The molecule has 1 N–H and O–H groups in total. The minimum Gasteiger partial charge on any atom is -0.497 e. The molecule has 2 rings (SSSR count). The smallest absolute Gasteiger partial charge is 0.231 e. The van der Waals surface area contributed by atoms with Gasteiger partial charge in [-0.3, -0.25) is 4.79 Å². The lowest BCUT2D eigenvalue weighted by Crippen LogP contribution is -2.37. The minimum absolute atomic E-state index is 0.171. The van der Waals surface area contributed by atoms with Crippen LogP contribution in [0.2, 0.25) is 0 Å². The van der Waals surface area contributed by atoms with Gasteiger partial charge in [0.15, 0.2) is 0 Å². The number of methoxy groups -OCH3 is 1. The molecule has 0 fully saturated rings. The van der Waals surface area contributed by atoms with Crippen molar-refractivity contribution in [2.45, 2.75) is 44.4 Å². The molecule has 1 amide bonds. The van der Waals surface area contributed by atoms with E-state index in [4.69, 9.17) is 4.74 Å². The maximum absolute atomic E-state index is 12.6. The van der Waals surface area contributed by atoms with Crippen molar-refractivity contribution in [3.8, 4) is 5.75 Å². The van der Waals surface area contributed by atoms with E-state index in [9.17, 15) is 4.79 Å². The number of anilines is 1. The maximum Gasteiger partial charge on any atom is 0.231 e. The van der Waals surface area contributed by atoms with Crippen LogP contribution in [-0.4, -0.2) is 18.8 Å². The van der Waals surface area contributed by atoms with Crippen LogP contribution in [-0.2, 0) is 4.79 Å². The molecule has 0 bridgehead atoms. The monoisotopic (exact) mass is 293 g/mol. The number of benzene rings is 1. The van der Waals surface area contributed by atoms with Crippen molar-refractivity contribution >= 4 is 23.4 Å². The molecular weight excluding hydrogens is 270 g/mol. The number of thioether (sulfide) groups is 1. The van der Waals surface area contributed by atoms with Crippen molar-refractivity contribution in [3.05, 3.63) is 18.2 Å². The lowest BCUT2D eigenvalue weighted by atomic mass is 9.81. The molecule has 110 valence electrons. The summed E-state index contributed by atoms with van der Waals surface area (Å²) in [4.78, 5) is 13.7.